The van der Waals surface area contributed by atoms with Crippen LogP contribution in [0.2, 0.25) is 0 Å². The fourth-order valence-electron chi connectivity index (χ4n) is 4.28. The van der Waals surface area contributed by atoms with Crippen molar-refractivity contribution in [2.75, 3.05) is 27.7 Å². The lowest BCUT2D eigenvalue weighted by Crippen LogP contribution is -2.41. The van der Waals surface area contributed by atoms with Crippen molar-refractivity contribution >= 4 is 16.9 Å². The Morgan fingerprint density at radius 2 is 1.16 bits per heavy atom. The highest BCUT2D eigenvalue weighted by molar-refractivity contribution is 8.14. The van der Waals surface area contributed by atoms with Crippen molar-refractivity contribution < 1.29 is 9.28 Å². The van der Waals surface area contributed by atoms with Crippen LogP contribution < -0.4 is 0 Å². The fourth-order valence-corrected chi connectivity index (χ4v) is 5.64. The molecule has 3 rings (SSSR count). The van der Waals surface area contributed by atoms with Gasteiger partial charge >= 0.3 is 0 Å². The summed E-state index contributed by atoms with van der Waals surface area (Å²) in [7, 11) is 6.57. The second kappa shape index (κ2) is 10.3. The van der Waals surface area contributed by atoms with Crippen LogP contribution in [-0.2, 0) is 10.2 Å². The maximum atomic E-state index is 13.6. The number of rotatable bonds is 9. The lowest BCUT2D eigenvalue weighted by atomic mass is 9.67. The van der Waals surface area contributed by atoms with Gasteiger partial charge < -0.3 is 4.48 Å². The Morgan fingerprint density at radius 3 is 1.48 bits per heavy atom. The molecular weight excluding hydrogens is 398 g/mol. The first kappa shape index (κ1) is 23.3. The number of thioether (sulfide) groups is 1. The number of benzene rings is 3. The predicted molar refractivity (Wildman–Crippen MR) is 133 cm³/mol. The molecule has 3 aromatic rings. The van der Waals surface area contributed by atoms with E-state index in [1.54, 1.807) is 0 Å². The van der Waals surface area contributed by atoms with Crippen LogP contribution in [0.5, 0.6) is 0 Å². The Morgan fingerprint density at radius 1 is 0.774 bits per heavy atom. The molecule has 0 aliphatic heterocycles. The van der Waals surface area contributed by atoms with Crippen molar-refractivity contribution in [1.29, 1.82) is 0 Å². The SMILES string of the molecule is CCC(C[N+](C)(C)C)SC(=O)CC(c1ccccc1)(c1ccccc1)c1ccccc1. The van der Waals surface area contributed by atoms with E-state index < -0.39 is 5.41 Å². The minimum atomic E-state index is -0.511. The van der Waals surface area contributed by atoms with Gasteiger partial charge in [-0.25, -0.2) is 0 Å². The molecule has 1 atom stereocenters. The largest absolute Gasteiger partial charge is 0.330 e. The average Bonchev–Trinajstić information content (AvgIpc) is 2.78. The second-order valence-electron chi connectivity index (χ2n) is 9.17. The van der Waals surface area contributed by atoms with Crippen molar-refractivity contribution in [3.63, 3.8) is 0 Å². The van der Waals surface area contributed by atoms with Gasteiger partial charge in [0, 0.05) is 6.42 Å². The maximum Gasteiger partial charge on any atom is 0.190 e. The Labute approximate surface area is 191 Å². The molecule has 0 heterocycles. The van der Waals surface area contributed by atoms with Gasteiger partial charge in [0.15, 0.2) is 5.12 Å². The molecule has 0 fully saturated rings. The molecule has 0 N–H and O–H groups in total. The average molecular weight is 433 g/mol. The second-order valence-corrected chi connectivity index (χ2v) is 10.5. The third kappa shape index (κ3) is 5.87. The summed E-state index contributed by atoms with van der Waals surface area (Å²) in [6, 6.07) is 31.4. The van der Waals surface area contributed by atoms with Crippen molar-refractivity contribution in [1.82, 2.24) is 0 Å². The smallest absolute Gasteiger partial charge is 0.190 e. The molecule has 0 aliphatic rings. The zero-order chi connectivity index (χ0) is 22.3. The Hall–Kier alpha value is -2.36. The van der Waals surface area contributed by atoms with E-state index in [0.29, 0.717) is 11.7 Å². The van der Waals surface area contributed by atoms with E-state index in [-0.39, 0.29) is 5.12 Å². The molecule has 162 valence electrons. The molecule has 0 aliphatic carbocycles. The van der Waals surface area contributed by atoms with Gasteiger partial charge in [-0.15, -0.1) is 0 Å². The van der Waals surface area contributed by atoms with Crippen molar-refractivity contribution in [2.45, 2.75) is 30.4 Å². The van der Waals surface area contributed by atoms with Gasteiger partial charge in [-0.2, -0.15) is 0 Å². The molecule has 31 heavy (non-hydrogen) atoms. The number of carbonyl (C=O) groups excluding carboxylic acids is 1. The molecule has 0 radical (unpaired) electrons. The molecule has 1 unspecified atom stereocenters. The minimum Gasteiger partial charge on any atom is -0.330 e. The summed E-state index contributed by atoms with van der Waals surface area (Å²) in [6.07, 6.45) is 1.42. The van der Waals surface area contributed by atoms with Crippen LogP contribution in [-0.4, -0.2) is 42.5 Å². The summed E-state index contributed by atoms with van der Waals surface area (Å²) in [6.45, 7) is 3.15. The third-order valence-corrected chi connectivity index (χ3v) is 6.94. The van der Waals surface area contributed by atoms with Crippen LogP contribution in [0.4, 0.5) is 0 Å². The fraction of sp³-hybridized carbons (Fsp3) is 0.321. The van der Waals surface area contributed by atoms with E-state index in [2.05, 4.69) is 101 Å². The first-order valence-corrected chi connectivity index (χ1v) is 11.9. The van der Waals surface area contributed by atoms with Gasteiger partial charge in [-0.05, 0) is 23.1 Å². The van der Waals surface area contributed by atoms with E-state index >= 15 is 0 Å². The molecule has 0 spiro atoms. The van der Waals surface area contributed by atoms with Crippen LogP contribution in [0, 0.1) is 0 Å². The summed E-state index contributed by atoms with van der Waals surface area (Å²) in [5.41, 5.74) is 2.95. The van der Waals surface area contributed by atoms with Crippen LogP contribution in [0.1, 0.15) is 36.5 Å². The summed E-state index contributed by atoms with van der Waals surface area (Å²) < 4.78 is 0.861. The van der Waals surface area contributed by atoms with E-state index in [9.17, 15) is 4.79 Å². The first-order chi connectivity index (χ1) is 14.8. The predicted octanol–water partition coefficient (Wildman–Crippen LogP) is 6.16. The number of carbonyl (C=O) groups is 1. The van der Waals surface area contributed by atoms with Gasteiger partial charge in [0.2, 0.25) is 0 Å². The van der Waals surface area contributed by atoms with E-state index in [4.69, 9.17) is 0 Å². The van der Waals surface area contributed by atoms with Gasteiger partial charge in [-0.3, -0.25) is 4.79 Å². The lowest BCUT2D eigenvalue weighted by Gasteiger charge is -2.36. The molecule has 3 aromatic carbocycles. The van der Waals surface area contributed by atoms with Gasteiger partial charge in [0.05, 0.1) is 38.4 Å². The zero-order valence-corrected chi connectivity index (χ0v) is 19.9. The number of hydrogen-bond donors (Lipinski definition) is 0. The lowest BCUT2D eigenvalue weighted by molar-refractivity contribution is -0.869. The monoisotopic (exact) mass is 432 g/mol. The summed E-state index contributed by atoms with van der Waals surface area (Å²) in [4.78, 5) is 13.6. The third-order valence-electron chi connectivity index (χ3n) is 5.71. The Bertz CT molecular complexity index is 852. The van der Waals surface area contributed by atoms with Gasteiger partial charge in [0.25, 0.3) is 0 Å². The van der Waals surface area contributed by atoms with Crippen LogP contribution >= 0.6 is 11.8 Å². The molecule has 2 nitrogen and oxygen atoms in total. The minimum absolute atomic E-state index is 0.247. The van der Waals surface area contributed by atoms with Crippen molar-refractivity contribution in [3.05, 3.63) is 108 Å². The molecule has 0 bridgehead atoms. The molecule has 0 saturated heterocycles. The molecular formula is C28H34NOS+. The number of hydrogen-bond acceptors (Lipinski definition) is 2. The first-order valence-electron chi connectivity index (χ1n) is 11.0. The number of quaternary nitrogens is 1. The highest BCUT2D eigenvalue weighted by Crippen LogP contribution is 2.43. The summed E-state index contributed by atoms with van der Waals surface area (Å²) >= 11 is 1.53. The van der Waals surface area contributed by atoms with Crippen molar-refractivity contribution in [2.24, 2.45) is 0 Å². The molecule has 0 saturated carbocycles. The van der Waals surface area contributed by atoms with E-state index in [1.165, 1.54) is 11.8 Å². The molecule has 0 aromatic heterocycles. The molecule has 3 heteroatoms. The van der Waals surface area contributed by atoms with E-state index in [1.807, 2.05) is 18.2 Å². The van der Waals surface area contributed by atoms with Gasteiger partial charge in [-0.1, -0.05) is 110 Å². The Balaban J connectivity index is 2.07. The highest BCUT2D eigenvalue weighted by atomic mass is 32.2. The molecule has 0 amide bonds. The summed E-state index contributed by atoms with van der Waals surface area (Å²) in [5.74, 6) is 0. The topological polar surface area (TPSA) is 17.1 Å². The maximum absolute atomic E-state index is 13.6. The zero-order valence-electron chi connectivity index (χ0n) is 19.1. The van der Waals surface area contributed by atoms with Gasteiger partial charge in [0.1, 0.15) is 0 Å². The Kier molecular flexibility index (Phi) is 7.74. The number of nitrogens with zero attached hydrogens (tertiary/aromatic N) is 1. The summed E-state index contributed by atoms with van der Waals surface area (Å²) in [5, 5.41) is 0.560. The van der Waals surface area contributed by atoms with Crippen LogP contribution in [0.3, 0.4) is 0 Å². The highest BCUT2D eigenvalue weighted by Gasteiger charge is 2.39. The normalized spacial score (nSPS) is 13.0. The van der Waals surface area contributed by atoms with Crippen LogP contribution in [0.25, 0.3) is 0 Å². The van der Waals surface area contributed by atoms with Crippen LogP contribution in [0.15, 0.2) is 91.0 Å². The quantitative estimate of drug-likeness (QED) is 0.298. The standard InChI is InChI=1S/C28H34NOS/c1-5-26(22-29(2,3)4)31-27(30)21-28(23-15-9-6-10-16-23,24-17-11-7-12-18-24)25-19-13-8-14-20-25/h6-20,26H,5,21-22H2,1-4H3/q+1. The van der Waals surface area contributed by atoms with E-state index in [0.717, 1.165) is 34.1 Å². The van der Waals surface area contributed by atoms with Crippen molar-refractivity contribution in [3.8, 4) is 0 Å².